The summed E-state index contributed by atoms with van der Waals surface area (Å²) in [6.07, 6.45) is 7.84. The molecule has 5 heteroatoms. The molecule has 1 heterocycles. The Morgan fingerprint density at radius 3 is 2.59 bits per heavy atom. The van der Waals surface area contributed by atoms with E-state index in [1.54, 1.807) is 6.07 Å². The van der Waals surface area contributed by atoms with Crippen molar-refractivity contribution in [3.8, 4) is 0 Å². The number of hydrogen-bond donors (Lipinski definition) is 1. The topological polar surface area (TPSA) is 34.0 Å². The van der Waals surface area contributed by atoms with Gasteiger partial charge in [0.05, 0.1) is 11.1 Å². The van der Waals surface area contributed by atoms with Gasteiger partial charge in [0.15, 0.2) is 0 Å². The Balaban J connectivity index is 1.64. The normalized spacial score (nSPS) is 16.1. The first kappa shape index (κ1) is 20.0. The maximum Gasteiger partial charge on any atom is 0.256 e. The summed E-state index contributed by atoms with van der Waals surface area (Å²) in [6.45, 7) is 2.58. The van der Waals surface area contributed by atoms with Crippen LogP contribution in [0.4, 0.5) is 4.39 Å². The van der Waals surface area contributed by atoms with Crippen molar-refractivity contribution >= 4 is 28.4 Å². The van der Waals surface area contributed by atoms with Crippen LogP contribution in [0.2, 0.25) is 5.02 Å². The molecule has 3 nitrogen and oxygen atoms in total. The molecular formula is C24H26ClFN2O. The van der Waals surface area contributed by atoms with E-state index in [2.05, 4.69) is 5.32 Å². The van der Waals surface area contributed by atoms with Gasteiger partial charge in [0.2, 0.25) is 0 Å². The monoisotopic (exact) mass is 412 g/mol. The molecule has 3 aromatic rings. The summed E-state index contributed by atoms with van der Waals surface area (Å²) >= 11 is 5.98. The van der Waals surface area contributed by atoms with Gasteiger partial charge in [0.25, 0.3) is 5.91 Å². The van der Waals surface area contributed by atoms with Crippen LogP contribution >= 0.6 is 11.6 Å². The van der Waals surface area contributed by atoms with E-state index in [1.807, 2.05) is 48.0 Å². The largest absolute Gasteiger partial charge is 0.349 e. The van der Waals surface area contributed by atoms with Crippen LogP contribution < -0.4 is 5.32 Å². The Morgan fingerprint density at radius 2 is 1.86 bits per heavy atom. The predicted molar refractivity (Wildman–Crippen MR) is 116 cm³/mol. The molecule has 0 radical (unpaired) electrons. The Morgan fingerprint density at radius 1 is 1.14 bits per heavy atom. The highest BCUT2D eigenvalue weighted by Gasteiger charge is 2.25. The molecule has 1 aliphatic carbocycles. The molecule has 152 valence electrons. The third-order valence-corrected chi connectivity index (χ3v) is 6.34. The van der Waals surface area contributed by atoms with Crippen LogP contribution in [0.3, 0.4) is 0 Å². The Labute approximate surface area is 175 Å². The standard InChI is InChI=1S/C24H26ClFN2O/c1-16(18-5-3-2-4-6-18)27-24(29)22-21(26)12-9-19-13-14-28(23(19)22)15-17-7-10-20(25)11-8-17/h7-14,16,18H,2-6,15H2,1H3,(H,27,29). The first-order chi connectivity index (χ1) is 14.0. The fourth-order valence-corrected chi connectivity index (χ4v) is 4.56. The highest BCUT2D eigenvalue weighted by molar-refractivity contribution is 6.30. The van der Waals surface area contributed by atoms with Crippen molar-refractivity contribution < 1.29 is 9.18 Å². The molecule has 1 fully saturated rings. The van der Waals surface area contributed by atoms with Crippen molar-refractivity contribution in [1.82, 2.24) is 9.88 Å². The zero-order chi connectivity index (χ0) is 20.4. The van der Waals surface area contributed by atoms with E-state index < -0.39 is 5.82 Å². The van der Waals surface area contributed by atoms with Gasteiger partial charge in [-0.3, -0.25) is 4.79 Å². The van der Waals surface area contributed by atoms with Crippen LogP contribution in [0, 0.1) is 11.7 Å². The quantitative estimate of drug-likeness (QED) is 0.533. The zero-order valence-electron chi connectivity index (χ0n) is 16.6. The van der Waals surface area contributed by atoms with E-state index in [9.17, 15) is 9.18 Å². The molecule has 0 aliphatic heterocycles. The van der Waals surface area contributed by atoms with Crippen LogP contribution in [-0.2, 0) is 6.54 Å². The first-order valence-corrected chi connectivity index (χ1v) is 10.7. The van der Waals surface area contributed by atoms with E-state index in [-0.39, 0.29) is 17.5 Å². The number of benzene rings is 2. The lowest BCUT2D eigenvalue weighted by molar-refractivity contribution is 0.0916. The number of nitrogens with one attached hydrogen (secondary N) is 1. The zero-order valence-corrected chi connectivity index (χ0v) is 17.4. The third-order valence-electron chi connectivity index (χ3n) is 6.09. The molecule has 2 aromatic carbocycles. The van der Waals surface area contributed by atoms with Crippen molar-refractivity contribution in [2.45, 2.75) is 51.6 Å². The number of fused-ring (bicyclic) bond motifs is 1. The van der Waals surface area contributed by atoms with Crippen LogP contribution in [0.5, 0.6) is 0 Å². The highest BCUT2D eigenvalue weighted by Crippen LogP contribution is 2.28. The average Bonchev–Trinajstić information content (AvgIpc) is 3.12. The Kier molecular flexibility index (Phi) is 5.91. The summed E-state index contributed by atoms with van der Waals surface area (Å²) in [5.74, 6) is -0.347. The van der Waals surface area contributed by atoms with E-state index in [0.717, 1.165) is 23.8 Å². The second-order valence-corrected chi connectivity index (χ2v) is 8.53. The molecule has 0 bridgehead atoms. The third kappa shape index (κ3) is 4.32. The molecule has 1 aliphatic rings. The van der Waals surface area contributed by atoms with Crippen LogP contribution in [0.1, 0.15) is 54.9 Å². The number of amides is 1. The minimum absolute atomic E-state index is 0.0390. The SMILES string of the molecule is CC(NC(=O)c1c(F)ccc2ccn(Cc3ccc(Cl)cc3)c12)C1CCCCC1. The van der Waals surface area contributed by atoms with E-state index >= 15 is 0 Å². The second-order valence-electron chi connectivity index (χ2n) is 8.09. The van der Waals surface area contributed by atoms with Crippen molar-refractivity contribution in [2.75, 3.05) is 0 Å². The fourth-order valence-electron chi connectivity index (χ4n) is 4.44. The Hall–Kier alpha value is -2.33. The number of carbonyl (C=O) groups is 1. The lowest BCUT2D eigenvalue weighted by Gasteiger charge is -2.28. The molecule has 0 spiro atoms. The number of rotatable bonds is 5. The molecule has 4 rings (SSSR count). The summed E-state index contributed by atoms with van der Waals surface area (Å²) in [4.78, 5) is 13.1. The van der Waals surface area contributed by atoms with E-state index in [4.69, 9.17) is 11.6 Å². The maximum atomic E-state index is 14.8. The summed E-state index contributed by atoms with van der Waals surface area (Å²) in [5.41, 5.74) is 1.80. The minimum atomic E-state index is -0.484. The fraction of sp³-hybridized carbons (Fsp3) is 0.375. The number of carbonyl (C=O) groups excluding carboxylic acids is 1. The van der Waals surface area contributed by atoms with Gasteiger partial charge in [-0.1, -0.05) is 43.0 Å². The van der Waals surface area contributed by atoms with Crippen molar-refractivity contribution in [2.24, 2.45) is 5.92 Å². The van der Waals surface area contributed by atoms with Crippen molar-refractivity contribution in [3.63, 3.8) is 0 Å². The maximum absolute atomic E-state index is 14.8. The lowest BCUT2D eigenvalue weighted by Crippen LogP contribution is -2.39. The molecule has 1 aromatic heterocycles. The van der Waals surface area contributed by atoms with Gasteiger partial charge in [-0.15, -0.1) is 0 Å². The summed E-state index contributed by atoms with van der Waals surface area (Å²) in [7, 11) is 0. The summed E-state index contributed by atoms with van der Waals surface area (Å²) in [5, 5.41) is 4.61. The summed E-state index contributed by atoms with van der Waals surface area (Å²) in [6, 6.07) is 12.6. The molecule has 1 saturated carbocycles. The van der Waals surface area contributed by atoms with Crippen LogP contribution in [0.25, 0.3) is 10.9 Å². The Bertz CT molecular complexity index is 1010. The number of halogens is 2. The average molecular weight is 413 g/mol. The number of hydrogen-bond acceptors (Lipinski definition) is 1. The van der Waals surface area contributed by atoms with Gasteiger partial charge >= 0.3 is 0 Å². The molecule has 1 amide bonds. The highest BCUT2D eigenvalue weighted by atomic mass is 35.5. The number of nitrogens with zero attached hydrogens (tertiary/aromatic N) is 1. The van der Waals surface area contributed by atoms with Crippen molar-refractivity contribution in [1.29, 1.82) is 0 Å². The van der Waals surface area contributed by atoms with Gasteiger partial charge in [0.1, 0.15) is 5.82 Å². The van der Waals surface area contributed by atoms with E-state index in [0.29, 0.717) is 23.0 Å². The first-order valence-electron chi connectivity index (χ1n) is 10.4. The van der Waals surface area contributed by atoms with Gasteiger partial charge in [-0.05, 0) is 61.6 Å². The van der Waals surface area contributed by atoms with E-state index in [1.165, 1.54) is 25.3 Å². The lowest BCUT2D eigenvalue weighted by atomic mass is 9.84. The second kappa shape index (κ2) is 8.58. The predicted octanol–water partition coefficient (Wildman–Crippen LogP) is 6.18. The van der Waals surface area contributed by atoms with Gasteiger partial charge in [-0.25, -0.2) is 4.39 Å². The van der Waals surface area contributed by atoms with Crippen LogP contribution in [0.15, 0.2) is 48.7 Å². The van der Waals surface area contributed by atoms with Crippen LogP contribution in [-0.4, -0.2) is 16.5 Å². The van der Waals surface area contributed by atoms with Crippen molar-refractivity contribution in [3.05, 3.63) is 70.6 Å². The van der Waals surface area contributed by atoms with Gasteiger partial charge in [0, 0.05) is 29.2 Å². The van der Waals surface area contributed by atoms with Gasteiger partial charge < -0.3 is 9.88 Å². The smallest absolute Gasteiger partial charge is 0.256 e. The molecule has 29 heavy (non-hydrogen) atoms. The molecular weight excluding hydrogens is 387 g/mol. The molecule has 1 atom stereocenters. The molecule has 0 saturated heterocycles. The molecule has 1 N–H and O–H groups in total. The van der Waals surface area contributed by atoms with Gasteiger partial charge in [-0.2, -0.15) is 0 Å². The minimum Gasteiger partial charge on any atom is -0.349 e. The molecule has 1 unspecified atom stereocenters. The summed E-state index contributed by atoms with van der Waals surface area (Å²) < 4.78 is 16.8. The number of aromatic nitrogens is 1.